The molecule has 0 N–H and O–H groups in total. The van der Waals surface area contributed by atoms with Crippen molar-refractivity contribution < 1.29 is 4.74 Å². The van der Waals surface area contributed by atoms with Gasteiger partial charge in [-0.15, -0.1) is 0 Å². The molecule has 0 heterocycles. The van der Waals surface area contributed by atoms with E-state index in [1.54, 1.807) is 7.11 Å². The van der Waals surface area contributed by atoms with Gasteiger partial charge in [-0.3, -0.25) is 0 Å². The minimum atomic E-state index is 0.829. The van der Waals surface area contributed by atoms with E-state index in [-0.39, 0.29) is 0 Å². The highest BCUT2D eigenvalue weighted by Gasteiger charge is 2.18. The highest BCUT2D eigenvalue weighted by molar-refractivity contribution is 5.90. The van der Waals surface area contributed by atoms with E-state index in [0.717, 1.165) is 22.8 Å². The normalized spacial score (nSPS) is 10.6. The minimum absolute atomic E-state index is 0.829. The Morgan fingerprint density at radius 1 is 0.485 bits per heavy atom. The van der Waals surface area contributed by atoms with E-state index in [1.165, 1.54) is 22.3 Å². The first-order chi connectivity index (χ1) is 16.3. The Balaban J connectivity index is 1.75. The Bertz CT molecular complexity index is 1330. The quantitative estimate of drug-likeness (QED) is 0.269. The molecular formula is C31H25NO. The van der Waals surface area contributed by atoms with Crippen LogP contribution in [0.1, 0.15) is 0 Å². The summed E-state index contributed by atoms with van der Waals surface area (Å²) in [6.07, 6.45) is 0. The van der Waals surface area contributed by atoms with Crippen molar-refractivity contribution in [3.63, 3.8) is 0 Å². The van der Waals surface area contributed by atoms with Crippen LogP contribution in [-0.2, 0) is 0 Å². The Morgan fingerprint density at radius 3 is 1.76 bits per heavy atom. The maximum absolute atomic E-state index is 5.54. The molecule has 0 aliphatic rings. The lowest BCUT2D eigenvalue weighted by atomic mass is 9.96. The number of para-hydroxylation sites is 1. The van der Waals surface area contributed by atoms with Crippen molar-refractivity contribution in [2.45, 2.75) is 0 Å². The van der Waals surface area contributed by atoms with Gasteiger partial charge in [0.2, 0.25) is 0 Å². The highest BCUT2D eigenvalue weighted by atomic mass is 16.5. The molecule has 0 bridgehead atoms. The average Bonchev–Trinajstić information content (AvgIpc) is 2.91. The number of hydrogen-bond donors (Lipinski definition) is 0. The third-order valence-electron chi connectivity index (χ3n) is 5.76. The molecular weight excluding hydrogens is 402 g/mol. The maximum Gasteiger partial charge on any atom is 0.120 e. The number of methoxy groups -OCH3 is 1. The standard InChI is InChI=1S/C31H25NO/c1-33-29-19-11-18-28(23-29)32(27-16-9-4-10-17-27)31-21-20-26(24-12-5-2-6-13-24)22-30(31)25-14-7-3-8-15-25/h2-23H,1H3. The van der Waals surface area contributed by atoms with Crippen molar-refractivity contribution >= 4 is 17.1 Å². The summed E-state index contributed by atoms with van der Waals surface area (Å²) in [5.41, 5.74) is 7.99. The predicted octanol–water partition coefficient (Wildman–Crippen LogP) is 8.50. The van der Waals surface area contributed by atoms with E-state index in [1.807, 2.05) is 18.2 Å². The SMILES string of the molecule is COc1cccc(N(c2ccccc2)c2ccc(-c3ccccc3)cc2-c2ccccc2)c1. The van der Waals surface area contributed by atoms with Gasteiger partial charge in [-0.1, -0.05) is 91.0 Å². The zero-order valence-electron chi connectivity index (χ0n) is 18.6. The third-order valence-corrected chi connectivity index (χ3v) is 5.76. The molecule has 0 spiro atoms. The van der Waals surface area contributed by atoms with Crippen LogP contribution in [0.5, 0.6) is 5.75 Å². The lowest BCUT2D eigenvalue weighted by Gasteiger charge is -2.28. The molecule has 0 radical (unpaired) electrons. The van der Waals surface area contributed by atoms with E-state index < -0.39 is 0 Å². The largest absolute Gasteiger partial charge is 0.497 e. The second-order valence-corrected chi connectivity index (χ2v) is 7.84. The van der Waals surface area contributed by atoms with Crippen LogP contribution in [0, 0.1) is 0 Å². The topological polar surface area (TPSA) is 12.5 Å². The Morgan fingerprint density at radius 2 is 1.09 bits per heavy atom. The van der Waals surface area contributed by atoms with Crippen LogP contribution in [-0.4, -0.2) is 7.11 Å². The molecule has 0 amide bonds. The van der Waals surface area contributed by atoms with Gasteiger partial charge in [0.1, 0.15) is 5.75 Å². The highest BCUT2D eigenvalue weighted by Crippen LogP contribution is 2.43. The summed E-state index contributed by atoms with van der Waals surface area (Å²) in [6.45, 7) is 0. The van der Waals surface area contributed by atoms with Crippen LogP contribution in [0.25, 0.3) is 22.3 Å². The van der Waals surface area contributed by atoms with Crippen LogP contribution in [0.2, 0.25) is 0 Å². The molecule has 0 saturated carbocycles. The molecule has 0 unspecified atom stereocenters. The van der Waals surface area contributed by atoms with Crippen molar-refractivity contribution in [1.82, 2.24) is 0 Å². The maximum atomic E-state index is 5.54. The van der Waals surface area contributed by atoms with Crippen LogP contribution in [0.3, 0.4) is 0 Å². The van der Waals surface area contributed by atoms with Crippen LogP contribution in [0.15, 0.2) is 133 Å². The van der Waals surface area contributed by atoms with Gasteiger partial charge >= 0.3 is 0 Å². The molecule has 2 heteroatoms. The smallest absolute Gasteiger partial charge is 0.120 e. The van der Waals surface area contributed by atoms with E-state index in [9.17, 15) is 0 Å². The van der Waals surface area contributed by atoms with E-state index in [0.29, 0.717) is 0 Å². The summed E-state index contributed by atoms with van der Waals surface area (Å²) in [7, 11) is 1.70. The Hall–Kier alpha value is -4.30. The molecule has 5 aromatic rings. The molecule has 5 aromatic carbocycles. The second kappa shape index (κ2) is 9.46. The average molecular weight is 428 g/mol. The van der Waals surface area contributed by atoms with Crippen molar-refractivity contribution in [2.24, 2.45) is 0 Å². The fourth-order valence-electron chi connectivity index (χ4n) is 4.14. The molecule has 160 valence electrons. The van der Waals surface area contributed by atoms with Gasteiger partial charge in [0.15, 0.2) is 0 Å². The van der Waals surface area contributed by atoms with E-state index in [4.69, 9.17) is 4.74 Å². The van der Waals surface area contributed by atoms with Crippen molar-refractivity contribution in [2.75, 3.05) is 12.0 Å². The van der Waals surface area contributed by atoms with Gasteiger partial charge in [0.05, 0.1) is 12.8 Å². The van der Waals surface area contributed by atoms with Crippen molar-refractivity contribution in [1.29, 1.82) is 0 Å². The predicted molar refractivity (Wildman–Crippen MR) is 139 cm³/mol. The molecule has 0 fully saturated rings. The second-order valence-electron chi connectivity index (χ2n) is 7.84. The van der Waals surface area contributed by atoms with Crippen LogP contribution < -0.4 is 9.64 Å². The number of nitrogens with zero attached hydrogens (tertiary/aromatic N) is 1. The lowest BCUT2D eigenvalue weighted by molar-refractivity contribution is 0.415. The number of ether oxygens (including phenoxy) is 1. The Labute approximate surface area is 195 Å². The molecule has 0 aliphatic heterocycles. The van der Waals surface area contributed by atoms with Gasteiger partial charge in [0.25, 0.3) is 0 Å². The minimum Gasteiger partial charge on any atom is -0.497 e. The van der Waals surface area contributed by atoms with Crippen molar-refractivity contribution in [3.8, 4) is 28.0 Å². The zero-order chi connectivity index (χ0) is 22.5. The van der Waals surface area contributed by atoms with Crippen molar-refractivity contribution in [3.05, 3.63) is 133 Å². The molecule has 0 aliphatic carbocycles. The summed E-state index contributed by atoms with van der Waals surface area (Å²) < 4.78 is 5.54. The molecule has 5 rings (SSSR count). The van der Waals surface area contributed by atoms with Gasteiger partial charge in [0, 0.05) is 23.0 Å². The van der Waals surface area contributed by atoms with E-state index >= 15 is 0 Å². The number of rotatable bonds is 6. The molecule has 0 aromatic heterocycles. The first-order valence-electron chi connectivity index (χ1n) is 11.1. The van der Waals surface area contributed by atoms with Crippen LogP contribution in [0.4, 0.5) is 17.1 Å². The number of benzene rings is 5. The van der Waals surface area contributed by atoms with Gasteiger partial charge < -0.3 is 9.64 Å². The van der Waals surface area contributed by atoms with Gasteiger partial charge in [-0.25, -0.2) is 0 Å². The number of anilines is 3. The third kappa shape index (κ3) is 4.37. The van der Waals surface area contributed by atoms with Gasteiger partial charge in [-0.05, 0) is 53.1 Å². The Kier molecular flexibility index (Phi) is 5.90. The fraction of sp³-hybridized carbons (Fsp3) is 0.0323. The molecule has 0 atom stereocenters. The molecule has 0 saturated heterocycles. The van der Waals surface area contributed by atoms with Crippen LogP contribution >= 0.6 is 0 Å². The molecule has 2 nitrogen and oxygen atoms in total. The summed E-state index contributed by atoms with van der Waals surface area (Å²) in [5.74, 6) is 0.829. The summed E-state index contributed by atoms with van der Waals surface area (Å²) in [4.78, 5) is 2.29. The van der Waals surface area contributed by atoms with E-state index in [2.05, 4.69) is 120 Å². The molecule has 33 heavy (non-hydrogen) atoms. The number of hydrogen-bond acceptors (Lipinski definition) is 2. The first-order valence-corrected chi connectivity index (χ1v) is 11.1. The first kappa shape index (κ1) is 20.6. The summed E-state index contributed by atoms with van der Waals surface area (Å²) in [5, 5.41) is 0. The monoisotopic (exact) mass is 427 g/mol. The lowest BCUT2D eigenvalue weighted by Crippen LogP contribution is -2.11. The summed E-state index contributed by atoms with van der Waals surface area (Å²) in [6, 6.07) is 46.5. The fourth-order valence-corrected chi connectivity index (χ4v) is 4.14. The van der Waals surface area contributed by atoms with Gasteiger partial charge in [-0.2, -0.15) is 0 Å². The zero-order valence-corrected chi connectivity index (χ0v) is 18.6. The summed E-state index contributed by atoms with van der Waals surface area (Å²) >= 11 is 0.